The summed E-state index contributed by atoms with van der Waals surface area (Å²) in [6.45, 7) is 4.28. The number of thiazole rings is 2. The van der Waals surface area contributed by atoms with E-state index < -0.39 is 0 Å². The number of fused-ring (bicyclic) bond motifs is 2. The molecule has 312 valence electrons. The Morgan fingerprint density at radius 1 is 0.548 bits per heavy atom. The van der Waals surface area contributed by atoms with E-state index in [0.29, 0.717) is 24.9 Å². The van der Waals surface area contributed by atoms with Crippen molar-refractivity contribution in [1.82, 2.24) is 39.3 Å². The highest BCUT2D eigenvalue weighted by atomic mass is 32.1. The number of Topliss-reactive ketones (excluding diaryl/α,β-unsaturated/α-hetero) is 1. The van der Waals surface area contributed by atoms with Crippen LogP contribution in [0.25, 0.3) is 46.1 Å². The van der Waals surface area contributed by atoms with Gasteiger partial charge in [0.05, 0.1) is 57.6 Å². The number of benzene rings is 4. The SMILES string of the molecule is O=C(C(Cn1cc2ccccc2n1)N1CCC(c2nc(C=Cc3ccccc3)cs2)CC1)C(Cn1cc2ccccc2n1)N1CCC(c2nc(C=Cc3ccccc3)cs2)CC1. The first kappa shape index (κ1) is 40.2. The summed E-state index contributed by atoms with van der Waals surface area (Å²) in [6, 6.07) is 36.5. The van der Waals surface area contributed by atoms with Gasteiger partial charge in [-0.2, -0.15) is 10.2 Å². The zero-order chi connectivity index (χ0) is 41.7. The predicted octanol–water partition coefficient (Wildman–Crippen LogP) is 10.4. The van der Waals surface area contributed by atoms with Crippen LogP contribution in [0, 0.1) is 0 Å². The van der Waals surface area contributed by atoms with Gasteiger partial charge >= 0.3 is 0 Å². The Morgan fingerprint density at radius 3 is 1.37 bits per heavy atom. The fourth-order valence-electron chi connectivity index (χ4n) is 9.10. The van der Waals surface area contributed by atoms with Crippen molar-refractivity contribution in [3.63, 3.8) is 0 Å². The molecular formula is C51H50N8OS2. The number of nitrogens with zero attached hydrogens (tertiary/aromatic N) is 8. The number of carbonyl (C=O) groups excluding carboxylic acids is 1. The first-order chi connectivity index (χ1) is 30.6. The Morgan fingerprint density at radius 2 is 0.952 bits per heavy atom. The molecule has 2 fully saturated rings. The van der Waals surface area contributed by atoms with Crippen LogP contribution in [0.15, 0.2) is 132 Å². The number of hydrogen-bond acceptors (Lipinski definition) is 9. The van der Waals surface area contributed by atoms with Crippen molar-refractivity contribution in [2.75, 3.05) is 26.2 Å². The minimum Gasteiger partial charge on any atom is -0.296 e. The maximum atomic E-state index is 15.6. The molecular weight excluding hydrogens is 805 g/mol. The second-order valence-corrected chi connectivity index (χ2v) is 18.4. The van der Waals surface area contributed by atoms with Gasteiger partial charge in [0.1, 0.15) is 0 Å². The summed E-state index contributed by atoms with van der Waals surface area (Å²) < 4.78 is 4.01. The standard InChI is InChI=1S/C51H50N8OS2/c60-49(47(33-58-31-41-15-7-9-17-45(41)54-58)56-27-23-39(24-28-56)50-52-43(35-61-50)21-19-37-11-3-1-4-12-37)48(34-59-32-42-16-8-10-18-46(42)55-59)57-29-25-40(26-30-57)51-53-44(36-62-51)22-20-38-13-5-2-6-14-38/h1-22,31-32,35-36,39-40,47-48H,23-30,33-34H2. The third-order valence-corrected chi connectivity index (χ3v) is 14.6. The average Bonchev–Trinajstić information content (AvgIpc) is 4.16. The fraction of sp³-hybridized carbons (Fsp3) is 0.275. The van der Waals surface area contributed by atoms with Crippen LogP contribution in [0.4, 0.5) is 0 Å². The maximum absolute atomic E-state index is 15.6. The molecule has 0 N–H and O–H groups in total. The van der Waals surface area contributed by atoms with Crippen molar-refractivity contribution in [2.24, 2.45) is 0 Å². The van der Waals surface area contributed by atoms with Crippen LogP contribution in [0.5, 0.6) is 0 Å². The van der Waals surface area contributed by atoms with Crippen LogP contribution < -0.4 is 0 Å². The second-order valence-electron chi connectivity index (χ2n) is 16.6. The molecule has 2 aliphatic rings. The summed E-state index contributed by atoms with van der Waals surface area (Å²) in [5, 5.41) is 18.8. The lowest BCUT2D eigenvalue weighted by Gasteiger charge is -2.41. The summed E-state index contributed by atoms with van der Waals surface area (Å²) in [5.74, 6) is 0.973. The van der Waals surface area contributed by atoms with Gasteiger partial charge in [0, 0.05) is 45.8 Å². The molecule has 0 bridgehead atoms. The van der Waals surface area contributed by atoms with Crippen LogP contribution in [0.1, 0.15) is 70.0 Å². The lowest BCUT2D eigenvalue weighted by molar-refractivity contribution is -0.132. The predicted molar refractivity (Wildman–Crippen MR) is 254 cm³/mol. The largest absolute Gasteiger partial charge is 0.296 e. The molecule has 6 heterocycles. The summed E-state index contributed by atoms with van der Waals surface area (Å²) in [5.41, 5.74) is 6.23. The number of aromatic nitrogens is 6. The first-order valence-electron chi connectivity index (χ1n) is 21.8. The molecule has 4 aromatic heterocycles. The van der Waals surface area contributed by atoms with Crippen molar-refractivity contribution in [2.45, 2.75) is 62.7 Å². The van der Waals surface area contributed by atoms with Gasteiger partial charge in [0.25, 0.3) is 0 Å². The molecule has 0 spiro atoms. The molecule has 0 saturated carbocycles. The number of rotatable bonds is 14. The Balaban J connectivity index is 0.888. The minimum atomic E-state index is -0.350. The highest BCUT2D eigenvalue weighted by Gasteiger charge is 2.39. The van der Waals surface area contributed by atoms with Crippen molar-refractivity contribution in [3.05, 3.63) is 165 Å². The molecule has 4 aromatic carbocycles. The van der Waals surface area contributed by atoms with Gasteiger partial charge in [-0.1, -0.05) is 109 Å². The van der Waals surface area contributed by atoms with Crippen LogP contribution in [0.2, 0.25) is 0 Å². The van der Waals surface area contributed by atoms with E-state index in [4.69, 9.17) is 20.2 Å². The van der Waals surface area contributed by atoms with Crippen LogP contribution >= 0.6 is 22.7 Å². The Kier molecular flexibility index (Phi) is 12.1. The Labute approximate surface area is 370 Å². The monoisotopic (exact) mass is 854 g/mol. The number of piperidine rings is 2. The third kappa shape index (κ3) is 9.31. The third-order valence-electron chi connectivity index (χ3n) is 12.5. The van der Waals surface area contributed by atoms with Gasteiger partial charge in [-0.05, 0) is 87.3 Å². The van der Waals surface area contributed by atoms with E-state index in [-0.39, 0.29) is 17.9 Å². The summed E-state index contributed by atoms with van der Waals surface area (Å²) in [4.78, 5) is 30.6. The lowest BCUT2D eigenvalue weighted by Crippen LogP contribution is -2.56. The van der Waals surface area contributed by atoms with E-state index in [2.05, 4.69) is 118 Å². The molecule has 10 rings (SSSR count). The van der Waals surface area contributed by atoms with Crippen LogP contribution in [-0.4, -0.2) is 83.4 Å². The average molecular weight is 855 g/mol. The van der Waals surface area contributed by atoms with Crippen molar-refractivity contribution >= 4 is 74.6 Å². The van der Waals surface area contributed by atoms with E-state index in [9.17, 15) is 0 Å². The van der Waals surface area contributed by atoms with Crippen LogP contribution in [0.3, 0.4) is 0 Å². The highest BCUT2D eigenvalue weighted by molar-refractivity contribution is 7.10. The summed E-state index contributed by atoms with van der Waals surface area (Å²) in [7, 11) is 0. The van der Waals surface area contributed by atoms with E-state index in [1.807, 2.05) is 57.9 Å². The molecule has 62 heavy (non-hydrogen) atoms. The van der Waals surface area contributed by atoms with E-state index >= 15 is 4.79 Å². The number of hydrogen-bond donors (Lipinski definition) is 0. The zero-order valence-corrected chi connectivity index (χ0v) is 36.3. The smallest absolute Gasteiger partial charge is 0.170 e. The Hall–Kier alpha value is -5.85. The summed E-state index contributed by atoms with van der Waals surface area (Å²) >= 11 is 3.51. The Bertz CT molecular complexity index is 2530. The summed E-state index contributed by atoms with van der Waals surface area (Å²) in [6.07, 6.45) is 16.5. The molecule has 2 unspecified atom stereocenters. The van der Waals surface area contributed by atoms with Crippen LogP contribution in [-0.2, 0) is 17.9 Å². The fourth-order valence-corrected chi connectivity index (χ4v) is 11.0. The molecule has 0 amide bonds. The second kappa shape index (κ2) is 18.6. The van der Waals surface area contributed by atoms with Gasteiger partial charge in [-0.15, -0.1) is 22.7 Å². The topological polar surface area (TPSA) is 85.0 Å². The molecule has 11 heteroatoms. The molecule has 0 radical (unpaired) electrons. The molecule has 0 aliphatic carbocycles. The molecule has 2 aliphatic heterocycles. The number of carbonyl (C=O) groups is 1. The van der Waals surface area contributed by atoms with Gasteiger partial charge in [-0.25, -0.2) is 9.97 Å². The van der Waals surface area contributed by atoms with Crippen molar-refractivity contribution in [3.8, 4) is 0 Å². The normalized spacial score (nSPS) is 17.2. The van der Waals surface area contributed by atoms with Gasteiger partial charge in [-0.3, -0.25) is 24.0 Å². The minimum absolute atomic E-state index is 0.242. The van der Waals surface area contributed by atoms with E-state index in [1.165, 1.54) is 21.1 Å². The molecule has 9 nitrogen and oxygen atoms in total. The lowest BCUT2D eigenvalue weighted by atomic mass is 9.92. The molecule has 2 saturated heterocycles. The van der Waals surface area contributed by atoms with E-state index in [1.54, 1.807) is 22.7 Å². The molecule has 2 atom stereocenters. The van der Waals surface area contributed by atoms with Gasteiger partial charge < -0.3 is 0 Å². The van der Waals surface area contributed by atoms with Crippen molar-refractivity contribution < 1.29 is 4.79 Å². The maximum Gasteiger partial charge on any atom is 0.170 e. The zero-order valence-electron chi connectivity index (χ0n) is 34.7. The first-order valence-corrected chi connectivity index (χ1v) is 23.6. The van der Waals surface area contributed by atoms with Crippen molar-refractivity contribution in [1.29, 1.82) is 0 Å². The highest BCUT2D eigenvalue weighted by Crippen LogP contribution is 2.35. The number of ketones is 1. The van der Waals surface area contributed by atoms with Gasteiger partial charge in [0.15, 0.2) is 5.78 Å². The van der Waals surface area contributed by atoms with E-state index in [0.717, 1.165) is 85.1 Å². The quantitative estimate of drug-likeness (QED) is 0.108. The van der Waals surface area contributed by atoms with Gasteiger partial charge in [0.2, 0.25) is 0 Å². The number of likely N-dealkylation sites (tertiary alicyclic amines) is 2. The molecule has 8 aromatic rings.